The number of rotatable bonds is 6. The molecule has 0 bridgehead atoms. The number of fused-ring (bicyclic) bond motifs is 1. The summed E-state index contributed by atoms with van der Waals surface area (Å²) in [5.41, 5.74) is -0.236. The second-order valence-electron chi connectivity index (χ2n) is 9.55. The molecule has 4 rings (SSSR count). The molecule has 0 spiro atoms. The number of benzene rings is 1. The number of aromatic nitrogens is 6. The maximum Gasteiger partial charge on any atom is 0.296 e. The molecule has 0 saturated carbocycles. The molecule has 4 aromatic rings. The fraction of sp³-hybridized carbons (Fsp3) is 0.333. The van der Waals surface area contributed by atoms with Crippen LogP contribution in [0.4, 0.5) is 11.5 Å². The molecule has 0 fully saturated rings. The molecule has 4 N–H and O–H groups in total. The predicted molar refractivity (Wildman–Crippen MR) is 133 cm³/mol. The number of aromatic amines is 1. The molecule has 3 aromatic heterocycles. The van der Waals surface area contributed by atoms with Gasteiger partial charge in [0, 0.05) is 5.41 Å². The molecule has 16 nitrogen and oxygen atoms in total. The van der Waals surface area contributed by atoms with Crippen LogP contribution in [0.2, 0.25) is 0 Å². The SMILES string of the molecule is Cc1nn(-c2cc(S(=O)(=O)O)ccc2S(=O)(=O)O)c(/N=N/c2c(C(C)(C)C)nn3c(C(C)O)n[nH]c23)c1C#N. The standard InChI is InChI=1S/C21H23N9O7S2/c1-10-13(9-22)19(29(27-10)14-8-12(38(32,33)34)6-7-15(14)39(35,36)37)25-23-16-17(21(3,4)5)28-30-18(11(2)31)24-26-20(16)30/h6-8,11,26,31H,1-5H3,(H,32,33,34)(H,35,36,37)/b25-23+. The Morgan fingerprint density at radius 3 is 2.31 bits per heavy atom. The van der Waals surface area contributed by atoms with Crippen LogP contribution in [-0.2, 0) is 25.7 Å². The molecular weight excluding hydrogens is 554 g/mol. The molecule has 1 atom stereocenters. The molecule has 0 aliphatic rings. The van der Waals surface area contributed by atoms with E-state index in [9.17, 15) is 36.3 Å². The second kappa shape index (κ2) is 9.32. The number of aliphatic hydroxyl groups excluding tert-OH is 1. The number of aryl methyl sites for hydroxylation is 1. The number of H-pyrrole nitrogens is 1. The van der Waals surface area contributed by atoms with Gasteiger partial charge in [-0.3, -0.25) is 14.2 Å². The van der Waals surface area contributed by atoms with Gasteiger partial charge in [-0.05, 0) is 32.0 Å². The number of azo groups is 1. The second-order valence-corrected chi connectivity index (χ2v) is 12.4. The molecule has 0 aliphatic heterocycles. The van der Waals surface area contributed by atoms with Gasteiger partial charge in [0.25, 0.3) is 20.2 Å². The molecular formula is C21H23N9O7S2. The molecule has 0 amide bonds. The van der Waals surface area contributed by atoms with Crippen LogP contribution in [0, 0.1) is 18.3 Å². The fourth-order valence-electron chi connectivity index (χ4n) is 3.75. The predicted octanol–water partition coefficient (Wildman–Crippen LogP) is 2.68. The molecule has 206 valence electrons. The van der Waals surface area contributed by atoms with Gasteiger partial charge in [0.15, 0.2) is 23.0 Å². The topological polar surface area (TPSA) is 241 Å². The summed E-state index contributed by atoms with van der Waals surface area (Å²) < 4.78 is 69.2. The quantitative estimate of drug-likeness (QED) is 0.192. The van der Waals surface area contributed by atoms with Crippen molar-refractivity contribution in [3.8, 4) is 11.8 Å². The van der Waals surface area contributed by atoms with Crippen molar-refractivity contribution in [2.75, 3.05) is 0 Å². The Bertz CT molecular complexity index is 1900. The van der Waals surface area contributed by atoms with Crippen molar-refractivity contribution in [3.63, 3.8) is 0 Å². The van der Waals surface area contributed by atoms with E-state index in [1.807, 2.05) is 26.8 Å². The lowest BCUT2D eigenvalue weighted by atomic mass is 9.91. The zero-order valence-electron chi connectivity index (χ0n) is 21.2. The number of aliphatic hydroxyl groups is 1. The van der Waals surface area contributed by atoms with Gasteiger partial charge >= 0.3 is 0 Å². The van der Waals surface area contributed by atoms with Crippen LogP contribution in [0.25, 0.3) is 11.3 Å². The van der Waals surface area contributed by atoms with E-state index in [0.29, 0.717) is 5.69 Å². The molecule has 0 aliphatic carbocycles. The van der Waals surface area contributed by atoms with E-state index in [2.05, 4.69) is 30.6 Å². The Hall–Kier alpha value is -4.02. The van der Waals surface area contributed by atoms with Gasteiger partial charge in [-0.2, -0.15) is 41.9 Å². The van der Waals surface area contributed by atoms with Crippen LogP contribution in [0.1, 0.15) is 56.6 Å². The third-order valence-electron chi connectivity index (χ3n) is 5.56. The van der Waals surface area contributed by atoms with Gasteiger partial charge in [-0.15, -0.1) is 10.2 Å². The Labute approximate surface area is 222 Å². The molecule has 1 aromatic carbocycles. The van der Waals surface area contributed by atoms with E-state index in [0.717, 1.165) is 22.9 Å². The van der Waals surface area contributed by atoms with E-state index in [4.69, 9.17) is 0 Å². The first-order valence-electron chi connectivity index (χ1n) is 11.1. The average molecular weight is 578 g/mol. The van der Waals surface area contributed by atoms with Crippen LogP contribution < -0.4 is 0 Å². The normalized spacial score (nSPS) is 13.8. The minimum Gasteiger partial charge on any atom is -0.385 e. The highest BCUT2D eigenvalue weighted by molar-refractivity contribution is 7.86. The summed E-state index contributed by atoms with van der Waals surface area (Å²) in [6.07, 6.45) is -0.973. The minimum absolute atomic E-state index is 0.0825. The van der Waals surface area contributed by atoms with E-state index in [1.165, 1.54) is 18.4 Å². The maximum atomic E-state index is 12.1. The van der Waals surface area contributed by atoms with Gasteiger partial charge in [-0.25, -0.2) is 4.68 Å². The highest BCUT2D eigenvalue weighted by atomic mass is 32.2. The van der Waals surface area contributed by atoms with Gasteiger partial charge in [0.05, 0.1) is 22.0 Å². The Morgan fingerprint density at radius 1 is 1.10 bits per heavy atom. The van der Waals surface area contributed by atoms with E-state index >= 15 is 0 Å². The van der Waals surface area contributed by atoms with Crippen molar-refractivity contribution < 1.29 is 31.0 Å². The summed E-state index contributed by atoms with van der Waals surface area (Å²) in [5.74, 6) is -0.0998. The first-order valence-corrected chi connectivity index (χ1v) is 14.0. The summed E-state index contributed by atoms with van der Waals surface area (Å²) in [7, 11) is -9.73. The number of nitrogens with zero attached hydrogens (tertiary/aromatic N) is 8. The molecule has 3 heterocycles. The number of hydrogen-bond donors (Lipinski definition) is 4. The van der Waals surface area contributed by atoms with Gasteiger partial charge in [0.1, 0.15) is 22.6 Å². The summed E-state index contributed by atoms with van der Waals surface area (Å²) in [4.78, 5) is -1.47. The lowest BCUT2D eigenvalue weighted by molar-refractivity contribution is 0.186. The van der Waals surface area contributed by atoms with Crippen molar-refractivity contribution >= 4 is 37.4 Å². The molecule has 1 unspecified atom stereocenters. The monoisotopic (exact) mass is 577 g/mol. The zero-order chi connectivity index (χ0) is 29.1. The maximum absolute atomic E-state index is 12.1. The number of nitriles is 1. The average Bonchev–Trinajstić information content (AvgIpc) is 3.47. The van der Waals surface area contributed by atoms with Crippen molar-refractivity contribution in [3.05, 3.63) is 41.0 Å². The van der Waals surface area contributed by atoms with Crippen LogP contribution in [0.3, 0.4) is 0 Å². The molecule has 0 saturated heterocycles. The van der Waals surface area contributed by atoms with Crippen molar-refractivity contribution in [1.29, 1.82) is 5.26 Å². The van der Waals surface area contributed by atoms with E-state index < -0.39 is 47.2 Å². The van der Waals surface area contributed by atoms with Crippen molar-refractivity contribution in [2.24, 2.45) is 10.2 Å². The largest absolute Gasteiger partial charge is 0.385 e. The summed E-state index contributed by atoms with van der Waals surface area (Å²) >= 11 is 0. The van der Waals surface area contributed by atoms with Crippen LogP contribution >= 0.6 is 0 Å². The molecule has 18 heteroatoms. The lowest BCUT2D eigenvalue weighted by Crippen LogP contribution is -2.13. The Kier molecular flexibility index (Phi) is 6.69. The first kappa shape index (κ1) is 28.0. The third-order valence-corrected chi connectivity index (χ3v) is 7.32. The van der Waals surface area contributed by atoms with Crippen LogP contribution in [0.5, 0.6) is 0 Å². The summed E-state index contributed by atoms with van der Waals surface area (Å²) in [6.45, 7) is 8.51. The minimum atomic E-state index is -4.93. The van der Waals surface area contributed by atoms with Crippen molar-refractivity contribution in [1.82, 2.24) is 29.6 Å². The smallest absolute Gasteiger partial charge is 0.296 e. The fourth-order valence-corrected chi connectivity index (χ4v) is 4.90. The van der Waals surface area contributed by atoms with Crippen molar-refractivity contribution in [2.45, 2.75) is 55.9 Å². The lowest BCUT2D eigenvalue weighted by Gasteiger charge is -2.15. The van der Waals surface area contributed by atoms with E-state index in [1.54, 1.807) is 0 Å². The molecule has 39 heavy (non-hydrogen) atoms. The number of hydrogen-bond acceptors (Lipinski definition) is 11. The highest BCUT2D eigenvalue weighted by Gasteiger charge is 2.29. The van der Waals surface area contributed by atoms with Gasteiger partial charge in [-0.1, -0.05) is 20.8 Å². The van der Waals surface area contributed by atoms with Gasteiger partial charge in [0.2, 0.25) is 0 Å². The third kappa shape index (κ3) is 5.05. The summed E-state index contributed by atoms with van der Waals surface area (Å²) in [6, 6.07) is 4.20. The highest BCUT2D eigenvalue weighted by Crippen LogP contribution is 2.37. The zero-order valence-corrected chi connectivity index (χ0v) is 22.8. The Balaban J connectivity index is 2.03. The molecule has 0 radical (unpaired) electrons. The van der Waals surface area contributed by atoms with Crippen LogP contribution in [0.15, 0.2) is 38.2 Å². The van der Waals surface area contributed by atoms with Gasteiger partial charge < -0.3 is 5.11 Å². The van der Waals surface area contributed by atoms with E-state index in [-0.39, 0.29) is 34.2 Å². The number of nitrogens with one attached hydrogen (secondary N) is 1. The van der Waals surface area contributed by atoms with Crippen LogP contribution in [-0.4, -0.2) is 60.6 Å². The Morgan fingerprint density at radius 2 is 1.77 bits per heavy atom. The summed E-state index contributed by atoms with van der Waals surface area (Å²) in [5, 5.41) is 43.7. The first-order chi connectivity index (χ1) is 17.9.